The van der Waals surface area contributed by atoms with E-state index >= 15 is 0 Å². The summed E-state index contributed by atoms with van der Waals surface area (Å²) in [5, 5.41) is 0. The van der Waals surface area contributed by atoms with Crippen molar-refractivity contribution in [1.82, 2.24) is 0 Å². The molecule has 0 aliphatic heterocycles. The molecule has 0 aliphatic carbocycles. The quantitative estimate of drug-likeness (QED) is 0.690. The summed E-state index contributed by atoms with van der Waals surface area (Å²) in [7, 11) is 1.39. The molecule has 0 spiro atoms. The van der Waals surface area contributed by atoms with Gasteiger partial charge in [0, 0.05) is 5.56 Å². The maximum Gasteiger partial charge on any atom is 0.311 e. The molecule has 1 rings (SSSR count). The van der Waals surface area contributed by atoms with E-state index in [1.807, 2.05) is 30.3 Å². The minimum atomic E-state index is -0.219. The number of hydrogen-bond acceptors (Lipinski definition) is 2. The van der Waals surface area contributed by atoms with Crippen LogP contribution in [0.3, 0.4) is 0 Å². The van der Waals surface area contributed by atoms with E-state index < -0.39 is 0 Å². The lowest BCUT2D eigenvalue weighted by atomic mass is 10.1. The number of methoxy groups -OCH3 is 1. The number of ether oxygens (including phenoxy) is 1. The first kappa shape index (κ1) is 9.74. The largest absolute Gasteiger partial charge is 0.469 e. The van der Waals surface area contributed by atoms with E-state index in [0.717, 1.165) is 5.56 Å². The van der Waals surface area contributed by atoms with Crippen molar-refractivity contribution in [2.24, 2.45) is 0 Å². The van der Waals surface area contributed by atoms with Crippen LogP contribution in [0.2, 0.25) is 0 Å². The Hall–Kier alpha value is -1.35. The molecule has 3 N–H and O–H groups in total. The molecule has 13 heavy (non-hydrogen) atoms. The van der Waals surface area contributed by atoms with Crippen LogP contribution in [0.25, 0.3) is 0 Å². The van der Waals surface area contributed by atoms with Gasteiger partial charge in [-0.15, -0.1) is 0 Å². The fourth-order valence-electron chi connectivity index (χ4n) is 1.13. The molecule has 0 saturated carbocycles. The van der Waals surface area contributed by atoms with Gasteiger partial charge < -0.3 is 10.5 Å². The molecule has 70 valence electrons. The lowest BCUT2D eigenvalue weighted by molar-refractivity contribution is -0.425. The first-order valence-corrected chi connectivity index (χ1v) is 4.19. The van der Waals surface area contributed by atoms with E-state index in [1.54, 1.807) is 0 Å². The monoisotopic (exact) mass is 180 g/mol. The molecular formula is C10H14NO2+. The molecule has 0 amide bonds. The highest BCUT2D eigenvalue weighted by atomic mass is 16.5. The van der Waals surface area contributed by atoms with Crippen LogP contribution in [0.1, 0.15) is 18.0 Å². The van der Waals surface area contributed by atoms with Gasteiger partial charge >= 0.3 is 5.97 Å². The van der Waals surface area contributed by atoms with Crippen molar-refractivity contribution in [3.63, 3.8) is 0 Å². The highest BCUT2D eigenvalue weighted by molar-refractivity contribution is 5.69. The van der Waals surface area contributed by atoms with Crippen LogP contribution in [0.4, 0.5) is 0 Å². The van der Waals surface area contributed by atoms with Crippen molar-refractivity contribution in [1.29, 1.82) is 0 Å². The van der Waals surface area contributed by atoms with Gasteiger partial charge in [-0.05, 0) is 0 Å². The molecule has 0 bridgehead atoms. The first-order chi connectivity index (χ1) is 6.24. The Balaban J connectivity index is 2.59. The molecular weight excluding hydrogens is 166 g/mol. The van der Waals surface area contributed by atoms with Crippen LogP contribution in [0.5, 0.6) is 0 Å². The average Bonchev–Trinajstić information content (AvgIpc) is 2.19. The molecule has 3 nitrogen and oxygen atoms in total. The number of benzene rings is 1. The Morgan fingerprint density at radius 2 is 2.08 bits per heavy atom. The summed E-state index contributed by atoms with van der Waals surface area (Å²) in [6.45, 7) is 0. The normalized spacial score (nSPS) is 12.2. The molecule has 1 aromatic carbocycles. The van der Waals surface area contributed by atoms with Gasteiger partial charge in [0.15, 0.2) is 0 Å². The lowest BCUT2D eigenvalue weighted by Gasteiger charge is -2.06. The number of rotatable bonds is 3. The molecule has 0 aliphatic rings. The zero-order valence-corrected chi connectivity index (χ0v) is 7.69. The molecule has 1 atom stereocenters. The van der Waals surface area contributed by atoms with Gasteiger partial charge in [-0.25, -0.2) is 0 Å². The predicted molar refractivity (Wildman–Crippen MR) is 48.7 cm³/mol. The second kappa shape index (κ2) is 4.62. The third-order valence-electron chi connectivity index (χ3n) is 1.91. The van der Waals surface area contributed by atoms with E-state index in [9.17, 15) is 4.79 Å². The number of carbonyl (C=O) groups excluding carboxylic acids is 1. The lowest BCUT2D eigenvalue weighted by Crippen LogP contribution is -2.54. The van der Waals surface area contributed by atoms with Gasteiger partial charge in [-0.3, -0.25) is 4.79 Å². The van der Waals surface area contributed by atoms with E-state index in [4.69, 9.17) is 0 Å². The fourth-order valence-corrected chi connectivity index (χ4v) is 1.13. The van der Waals surface area contributed by atoms with Crippen molar-refractivity contribution in [2.45, 2.75) is 12.5 Å². The molecule has 0 radical (unpaired) electrons. The van der Waals surface area contributed by atoms with Crippen molar-refractivity contribution < 1.29 is 15.3 Å². The molecule has 3 heteroatoms. The standard InChI is InChI=1S/C10H13NO2/c1-13-10(12)7-9(11)8-5-3-2-4-6-8/h2-6,9H,7,11H2,1H3/p+1. The molecule has 0 saturated heterocycles. The van der Waals surface area contributed by atoms with Crippen molar-refractivity contribution >= 4 is 5.97 Å². The number of quaternary nitrogens is 1. The number of esters is 1. The van der Waals surface area contributed by atoms with E-state index in [0.29, 0.717) is 6.42 Å². The zero-order chi connectivity index (χ0) is 9.68. The Labute approximate surface area is 77.5 Å². The van der Waals surface area contributed by atoms with Gasteiger partial charge in [0.2, 0.25) is 0 Å². The van der Waals surface area contributed by atoms with Gasteiger partial charge in [-0.2, -0.15) is 0 Å². The summed E-state index contributed by atoms with van der Waals surface area (Å²) in [5.74, 6) is -0.219. The van der Waals surface area contributed by atoms with Gasteiger partial charge in [0.25, 0.3) is 0 Å². The molecule has 0 aromatic heterocycles. The Morgan fingerprint density at radius 3 is 2.62 bits per heavy atom. The summed E-state index contributed by atoms with van der Waals surface area (Å²) in [6, 6.07) is 9.71. The molecule has 1 aromatic rings. The highest BCUT2D eigenvalue weighted by Crippen LogP contribution is 2.11. The van der Waals surface area contributed by atoms with Crippen molar-refractivity contribution in [3.05, 3.63) is 35.9 Å². The van der Waals surface area contributed by atoms with Crippen molar-refractivity contribution in [2.75, 3.05) is 7.11 Å². The number of carbonyl (C=O) groups is 1. The van der Waals surface area contributed by atoms with E-state index in [-0.39, 0.29) is 12.0 Å². The average molecular weight is 180 g/mol. The predicted octanol–water partition coefficient (Wildman–Crippen LogP) is 0.533. The molecule has 0 fully saturated rings. The summed E-state index contributed by atoms with van der Waals surface area (Å²) >= 11 is 0. The minimum absolute atomic E-state index is 0.0198. The summed E-state index contributed by atoms with van der Waals surface area (Å²) in [5.41, 5.74) is 4.96. The smallest absolute Gasteiger partial charge is 0.311 e. The zero-order valence-electron chi connectivity index (χ0n) is 7.69. The highest BCUT2D eigenvalue weighted by Gasteiger charge is 2.14. The van der Waals surface area contributed by atoms with Crippen LogP contribution in [0.15, 0.2) is 30.3 Å². The number of hydrogen-bond donors (Lipinski definition) is 1. The Morgan fingerprint density at radius 1 is 1.46 bits per heavy atom. The minimum Gasteiger partial charge on any atom is -0.469 e. The van der Waals surface area contributed by atoms with Gasteiger partial charge in [0.05, 0.1) is 7.11 Å². The third-order valence-corrected chi connectivity index (χ3v) is 1.91. The Kier molecular flexibility index (Phi) is 3.46. The summed E-state index contributed by atoms with van der Waals surface area (Å²) < 4.78 is 4.56. The van der Waals surface area contributed by atoms with Gasteiger partial charge in [-0.1, -0.05) is 30.3 Å². The van der Waals surface area contributed by atoms with Gasteiger partial charge in [0.1, 0.15) is 12.5 Å². The molecule has 1 unspecified atom stereocenters. The Bertz CT molecular complexity index is 272. The van der Waals surface area contributed by atoms with Crippen LogP contribution >= 0.6 is 0 Å². The van der Waals surface area contributed by atoms with Crippen LogP contribution in [-0.4, -0.2) is 13.1 Å². The van der Waals surface area contributed by atoms with E-state index in [2.05, 4.69) is 10.5 Å². The summed E-state index contributed by atoms with van der Waals surface area (Å²) in [4.78, 5) is 10.9. The fraction of sp³-hybridized carbons (Fsp3) is 0.300. The van der Waals surface area contributed by atoms with Crippen molar-refractivity contribution in [3.8, 4) is 0 Å². The first-order valence-electron chi connectivity index (χ1n) is 4.19. The second-order valence-electron chi connectivity index (χ2n) is 2.89. The SMILES string of the molecule is COC(=O)CC([NH3+])c1ccccc1. The molecule has 0 heterocycles. The summed E-state index contributed by atoms with van der Waals surface area (Å²) in [6.07, 6.45) is 0.334. The second-order valence-corrected chi connectivity index (χ2v) is 2.89. The third kappa shape index (κ3) is 2.87. The maximum atomic E-state index is 10.9. The van der Waals surface area contributed by atoms with Crippen LogP contribution in [-0.2, 0) is 9.53 Å². The maximum absolute atomic E-state index is 10.9. The van der Waals surface area contributed by atoms with Crippen LogP contribution in [0, 0.1) is 0 Å². The topological polar surface area (TPSA) is 53.9 Å². The van der Waals surface area contributed by atoms with Crippen LogP contribution < -0.4 is 5.73 Å². The van der Waals surface area contributed by atoms with E-state index in [1.165, 1.54) is 7.11 Å².